The van der Waals surface area contributed by atoms with E-state index in [-0.39, 0.29) is 16.6 Å². The lowest BCUT2D eigenvalue weighted by atomic mass is 10.2. The van der Waals surface area contributed by atoms with Gasteiger partial charge in [-0.15, -0.1) is 0 Å². The molecule has 0 saturated heterocycles. The van der Waals surface area contributed by atoms with Crippen LogP contribution in [-0.2, 0) is 14.6 Å². The van der Waals surface area contributed by atoms with Gasteiger partial charge < -0.3 is 10.6 Å². The first-order valence-electron chi connectivity index (χ1n) is 7.33. The number of benzene rings is 1. The predicted octanol–water partition coefficient (Wildman–Crippen LogP) is 1.97. The van der Waals surface area contributed by atoms with Crippen molar-refractivity contribution < 1.29 is 13.2 Å². The second-order valence-electron chi connectivity index (χ2n) is 5.18. The summed E-state index contributed by atoms with van der Waals surface area (Å²) in [5.41, 5.74) is 0. The van der Waals surface area contributed by atoms with Crippen molar-refractivity contribution in [3.05, 3.63) is 28.7 Å². The minimum absolute atomic E-state index is 0.192. The Balaban J connectivity index is 2.50. The maximum Gasteiger partial charge on any atom is 0.223 e. The van der Waals surface area contributed by atoms with Crippen LogP contribution in [0.25, 0.3) is 0 Å². The number of halogens is 1. The monoisotopic (exact) mass is 390 g/mol. The molecule has 1 atom stereocenters. The molecule has 0 aliphatic rings. The first-order valence-corrected chi connectivity index (χ1v) is 9.78. The quantitative estimate of drug-likeness (QED) is 0.632. The molecule has 0 radical (unpaired) electrons. The molecule has 1 aromatic rings. The average molecular weight is 391 g/mol. The van der Waals surface area contributed by atoms with Crippen molar-refractivity contribution in [1.29, 1.82) is 0 Å². The Morgan fingerprint density at radius 1 is 1.18 bits per heavy atom. The van der Waals surface area contributed by atoms with E-state index in [1.54, 1.807) is 31.2 Å². The smallest absolute Gasteiger partial charge is 0.223 e. The molecule has 1 amide bonds. The van der Waals surface area contributed by atoms with Gasteiger partial charge in [0.1, 0.15) is 0 Å². The normalized spacial score (nSPS) is 12.9. The summed E-state index contributed by atoms with van der Waals surface area (Å²) in [4.78, 5) is 12.2. The number of sulfone groups is 1. The van der Waals surface area contributed by atoms with E-state index in [4.69, 9.17) is 0 Å². The third kappa shape index (κ3) is 6.46. The Kier molecular flexibility index (Phi) is 8.06. The summed E-state index contributed by atoms with van der Waals surface area (Å²) in [5, 5.41) is 5.92. The largest absolute Gasteiger partial charge is 0.355 e. The van der Waals surface area contributed by atoms with Gasteiger partial charge in [0.2, 0.25) is 5.91 Å². The summed E-state index contributed by atoms with van der Waals surface area (Å²) in [7, 11) is -3.46. The Morgan fingerprint density at radius 3 is 2.41 bits per heavy atom. The second kappa shape index (κ2) is 9.27. The summed E-state index contributed by atoms with van der Waals surface area (Å²) >= 11 is 3.27. The van der Waals surface area contributed by atoms with E-state index in [1.165, 1.54) is 0 Å². The minimum Gasteiger partial charge on any atom is -0.355 e. The molecular weight excluding hydrogens is 368 g/mol. The molecule has 0 saturated carbocycles. The number of nitrogens with one attached hydrogen (secondary N) is 2. The average Bonchev–Trinajstić information content (AvgIpc) is 2.46. The van der Waals surface area contributed by atoms with Gasteiger partial charge in [-0.25, -0.2) is 8.42 Å². The lowest BCUT2D eigenvalue weighted by Gasteiger charge is -2.13. The molecule has 22 heavy (non-hydrogen) atoms. The molecule has 0 aliphatic carbocycles. The number of hydrogen-bond donors (Lipinski definition) is 2. The fraction of sp³-hybridized carbons (Fsp3) is 0.533. The van der Waals surface area contributed by atoms with Gasteiger partial charge in [0.15, 0.2) is 9.84 Å². The van der Waals surface area contributed by atoms with Crippen molar-refractivity contribution in [3.8, 4) is 0 Å². The molecule has 1 aromatic carbocycles. The summed E-state index contributed by atoms with van der Waals surface area (Å²) < 4.78 is 25.3. The van der Waals surface area contributed by atoms with Gasteiger partial charge in [0, 0.05) is 23.5 Å². The second-order valence-corrected chi connectivity index (χ2v) is 8.13. The van der Waals surface area contributed by atoms with Crippen molar-refractivity contribution in [2.45, 2.75) is 25.2 Å². The molecule has 7 heteroatoms. The Hall–Kier alpha value is -0.920. The fourth-order valence-corrected chi connectivity index (χ4v) is 3.71. The summed E-state index contributed by atoms with van der Waals surface area (Å²) in [6.07, 6.45) is 1.04. The van der Waals surface area contributed by atoms with Crippen LogP contribution in [0.5, 0.6) is 0 Å². The van der Waals surface area contributed by atoms with Crippen LogP contribution in [0.3, 0.4) is 0 Å². The zero-order valence-corrected chi connectivity index (χ0v) is 15.3. The van der Waals surface area contributed by atoms with Gasteiger partial charge in [0.25, 0.3) is 0 Å². The molecule has 1 rings (SSSR count). The van der Waals surface area contributed by atoms with Crippen molar-refractivity contribution in [2.24, 2.45) is 5.92 Å². The van der Waals surface area contributed by atoms with Gasteiger partial charge in [-0.3, -0.25) is 4.79 Å². The van der Waals surface area contributed by atoms with Gasteiger partial charge in [-0.2, -0.15) is 0 Å². The first-order chi connectivity index (χ1) is 10.4. The van der Waals surface area contributed by atoms with E-state index in [9.17, 15) is 13.2 Å². The molecule has 2 N–H and O–H groups in total. The molecule has 0 spiro atoms. The highest BCUT2D eigenvalue weighted by Gasteiger charge is 2.22. The van der Waals surface area contributed by atoms with Gasteiger partial charge in [-0.1, -0.05) is 29.8 Å². The SMILES string of the molecule is CCCNCCNC(=O)C(C)CS(=O)(=O)c1ccc(Br)cc1. The Bertz CT molecular complexity index is 573. The topological polar surface area (TPSA) is 75.3 Å². The van der Waals surface area contributed by atoms with E-state index in [0.717, 1.165) is 17.4 Å². The highest BCUT2D eigenvalue weighted by atomic mass is 79.9. The fourth-order valence-electron chi connectivity index (χ4n) is 1.89. The van der Waals surface area contributed by atoms with Crippen LogP contribution >= 0.6 is 15.9 Å². The summed E-state index contributed by atoms with van der Waals surface area (Å²) in [6.45, 7) is 5.79. The Morgan fingerprint density at radius 2 is 1.82 bits per heavy atom. The summed E-state index contributed by atoms with van der Waals surface area (Å²) in [6, 6.07) is 6.44. The zero-order valence-electron chi connectivity index (χ0n) is 12.9. The lowest BCUT2D eigenvalue weighted by molar-refractivity contribution is -0.123. The van der Waals surface area contributed by atoms with E-state index in [0.29, 0.717) is 13.1 Å². The van der Waals surface area contributed by atoms with Crippen molar-refractivity contribution in [2.75, 3.05) is 25.4 Å². The highest BCUT2D eigenvalue weighted by molar-refractivity contribution is 9.10. The standard InChI is InChI=1S/C15H23BrN2O3S/c1-3-8-17-9-10-18-15(19)12(2)11-22(20,21)14-6-4-13(16)5-7-14/h4-7,12,17H,3,8-11H2,1-2H3,(H,18,19). The molecule has 0 bridgehead atoms. The van der Waals surface area contributed by atoms with Crippen LogP contribution in [0.4, 0.5) is 0 Å². The van der Waals surface area contributed by atoms with Crippen LogP contribution in [0.1, 0.15) is 20.3 Å². The van der Waals surface area contributed by atoms with Crippen molar-refractivity contribution in [3.63, 3.8) is 0 Å². The molecule has 0 heterocycles. The van der Waals surface area contributed by atoms with Gasteiger partial charge in [-0.05, 0) is 37.2 Å². The van der Waals surface area contributed by atoms with Gasteiger partial charge in [0.05, 0.1) is 10.6 Å². The molecule has 0 fully saturated rings. The highest BCUT2D eigenvalue weighted by Crippen LogP contribution is 2.17. The number of rotatable bonds is 9. The predicted molar refractivity (Wildman–Crippen MR) is 91.5 cm³/mol. The molecule has 0 aromatic heterocycles. The molecule has 5 nitrogen and oxygen atoms in total. The number of amides is 1. The molecular formula is C15H23BrN2O3S. The molecule has 0 aliphatic heterocycles. The first kappa shape index (κ1) is 19.1. The van der Waals surface area contributed by atoms with Crippen LogP contribution in [-0.4, -0.2) is 39.7 Å². The van der Waals surface area contributed by atoms with Crippen LogP contribution in [0.15, 0.2) is 33.6 Å². The molecule has 124 valence electrons. The number of carbonyl (C=O) groups is 1. The van der Waals surface area contributed by atoms with Gasteiger partial charge >= 0.3 is 0 Å². The van der Waals surface area contributed by atoms with E-state index in [2.05, 4.69) is 33.5 Å². The molecule has 1 unspecified atom stereocenters. The third-order valence-corrected chi connectivity index (χ3v) is 5.58. The maximum atomic E-state index is 12.3. The number of hydrogen-bond acceptors (Lipinski definition) is 4. The van der Waals surface area contributed by atoms with E-state index in [1.807, 2.05) is 0 Å². The maximum absolute atomic E-state index is 12.3. The van der Waals surface area contributed by atoms with Crippen LogP contribution < -0.4 is 10.6 Å². The van der Waals surface area contributed by atoms with E-state index < -0.39 is 15.8 Å². The third-order valence-electron chi connectivity index (χ3n) is 3.12. The zero-order chi connectivity index (χ0) is 16.6. The summed E-state index contributed by atoms with van der Waals surface area (Å²) in [5.74, 6) is -1.01. The van der Waals surface area contributed by atoms with Crippen LogP contribution in [0, 0.1) is 5.92 Å². The Labute approximate surface area is 140 Å². The lowest BCUT2D eigenvalue weighted by Crippen LogP contribution is -2.37. The van der Waals surface area contributed by atoms with Crippen molar-refractivity contribution >= 4 is 31.7 Å². The van der Waals surface area contributed by atoms with Crippen molar-refractivity contribution in [1.82, 2.24) is 10.6 Å². The van der Waals surface area contributed by atoms with Crippen LogP contribution in [0.2, 0.25) is 0 Å². The number of carbonyl (C=O) groups excluding carboxylic acids is 1. The minimum atomic E-state index is -3.46. The van der Waals surface area contributed by atoms with E-state index >= 15 is 0 Å².